The van der Waals surface area contributed by atoms with Gasteiger partial charge in [0.25, 0.3) is 0 Å². The third-order valence-electron chi connectivity index (χ3n) is 6.14. The zero-order valence-corrected chi connectivity index (χ0v) is 19.3. The van der Waals surface area contributed by atoms with Crippen LogP contribution in [0.15, 0.2) is 77.7 Å². The molecular weight excluding hydrogens is 404 g/mol. The molecule has 0 bridgehead atoms. The van der Waals surface area contributed by atoms with E-state index in [1.54, 1.807) is 16.4 Å². The van der Waals surface area contributed by atoms with Gasteiger partial charge in [0.1, 0.15) is 0 Å². The number of benzene rings is 3. The highest BCUT2D eigenvalue weighted by atomic mass is 32.2. The number of aryl methyl sites for hydroxylation is 3. The van der Waals surface area contributed by atoms with Crippen molar-refractivity contribution in [1.29, 1.82) is 0 Å². The van der Waals surface area contributed by atoms with Crippen molar-refractivity contribution in [3.05, 3.63) is 101 Å². The summed E-state index contributed by atoms with van der Waals surface area (Å²) < 4.78 is 27.9. The van der Waals surface area contributed by atoms with Gasteiger partial charge in [-0.3, -0.25) is 4.90 Å². The molecule has 1 atom stereocenters. The fourth-order valence-electron chi connectivity index (χ4n) is 4.34. The molecule has 0 amide bonds. The van der Waals surface area contributed by atoms with Crippen LogP contribution in [0.3, 0.4) is 0 Å². The van der Waals surface area contributed by atoms with Crippen LogP contribution in [-0.2, 0) is 10.0 Å². The van der Waals surface area contributed by atoms with Crippen molar-refractivity contribution < 1.29 is 8.42 Å². The molecule has 1 heterocycles. The molecule has 31 heavy (non-hydrogen) atoms. The maximum atomic E-state index is 13.1. The number of piperazine rings is 1. The van der Waals surface area contributed by atoms with E-state index in [4.69, 9.17) is 0 Å². The molecule has 4 rings (SSSR count). The molecule has 0 aliphatic carbocycles. The molecule has 5 heteroatoms. The summed E-state index contributed by atoms with van der Waals surface area (Å²) in [5.41, 5.74) is 6.09. The standard InChI is InChI=1S/C26H30N2O2S/c1-20-10-13-24(14-11-20)31(29,30)28-17-15-27(16-18-28)26(23-7-5-4-6-8-23)25-19-21(2)9-12-22(25)3/h4-14,19,26H,15-18H2,1-3H3/t26-/m1/s1. The van der Waals surface area contributed by atoms with Gasteiger partial charge in [0.15, 0.2) is 0 Å². The minimum atomic E-state index is -3.47. The lowest BCUT2D eigenvalue weighted by atomic mass is 9.92. The van der Waals surface area contributed by atoms with Crippen molar-refractivity contribution in [2.75, 3.05) is 26.2 Å². The molecule has 0 unspecified atom stereocenters. The number of hydrogen-bond acceptors (Lipinski definition) is 3. The number of hydrogen-bond donors (Lipinski definition) is 0. The van der Waals surface area contributed by atoms with Crippen LogP contribution >= 0.6 is 0 Å². The van der Waals surface area contributed by atoms with Gasteiger partial charge in [0, 0.05) is 26.2 Å². The van der Waals surface area contributed by atoms with Gasteiger partial charge in [0.05, 0.1) is 10.9 Å². The Morgan fingerprint density at radius 1 is 0.742 bits per heavy atom. The molecule has 0 aromatic heterocycles. The van der Waals surface area contributed by atoms with Crippen molar-refractivity contribution in [2.24, 2.45) is 0 Å². The summed E-state index contributed by atoms with van der Waals surface area (Å²) >= 11 is 0. The number of sulfonamides is 1. The lowest BCUT2D eigenvalue weighted by Crippen LogP contribution is -2.49. The SMILES string of the molecule is Cc1ccc(S(=O)(=O)N2CCN([C@H](c3ccccc3)c3cc(C)ccc3C)CC2)cc1. The molecule has 1 fully saturated rings. The van der Waals surface area contributed by atoms with Crippen molar-refractivity contribution in [1.82, 2.24) is 9.21 Å². The molecule has 1 aliphatic rings. The average Bonchev–Trinajstić information content (AvgIpc) is 2.78. The summed E-state index contributed by atoms with van der Waals surface area (Å²) in [6.45, 7) is 8.61. The minimum Gasteiger partial charge on any atom is -0.290 e. The first-order chi connectivity index (χ1) is 14.9. The third-order valence-corrected chi connectivity index (χ3v) is 8.05. The Morgan fingerprint density at radius 3 is 2.00 bits per heavy atom. The smallest absolute Gasteiger partial charge is 0.243 e. The number of rotatable bonds is 5. The van der Waals surface area contributed by atoms with Crippen LogP contribution in [0, 0.1) is 20.8 Å². The van der Waals surface area contributed by atoms with E-state index in [2.05, 4.69) is 61.2 Å². The Bertz CT molecular complexity index is 1130. The second-order valence-electron chi connectivity index (χ2n) is 8.43. The van der Waals surface area contributed by atoms with Gasteiger partial charge in [-0.2, -0.15) is 4.31 Å². The Balaban J connectivity index is 1.60. The summed E-state index contributed by atoms with van der Waals surface area (Å²) in [4.78, 5) is 2.79. The Labute approximate surface area is 186 Å². The van der Waals surface area contributed by atoms with E-state index in [-0.39, 0.29) is 6.04 Å². The first kappa shape index (κ1) is 21.8. The van der Waals surface area contributed by atoms with E-state index in [1.165, 1.54) is 22.3 Å². The Morgan fingerprint density at radius 2 is 1.35 bits per heavy atom. The van der Waals surface area contributed by atoms with Crippen LogP contribution in [-0.4, -0.2) is 43.8 Å². The monoisotopic (exact) mass is 434 g/mol. The van der Waals surface area contributed by atoms with Crippen LogP contribution in [0.5, 0.6) is 0 Å². The molecule has 162 valence electrons. The van der Waals surface area contributed by atoms with Crippen molar-refractivity contribution in [3.63, 3.8) is 0 Å². The van der Waals surface area contributed by atoms with Gasteiger partial charge in [-0.25, -0.2) is 8.42 Å². The fraction of sp³-hybridized carbons (Fsp3) is 0.308. The van der Waals surface area contributed by atoms with E-state index < -0.39 is 10.0 Å². The maximum Gasteiger partial charge on any atom is 0.243 e. The normalized spacial score (nSPS) is 16.9. The molecule has 3 aromatic carbocycles. The van der Waals surface area contributed by atoms with Gasteiger partial charge in [0.2, 0.25) is 10.0 Å². The number of nitrogens with zero attached hydrogens (tertiary/aromatic N) is 2. The van der Waals surface area contributed by atoms with Crippen LogP contribution in [0.1, 0.15) is 33.9 Å². The molecule has 3 aromatic rings. The molecule has 0 saturated carbocycles. The van der Waals surface area contributed by atoms with Gasteiger partial charge < -0.3 is 0 Å². The largest absolute Gasteiger partial charge is 0.290 e. The molecule has 0 N–H and O–H groups in total. The summed E-state index contributed by atoms with van der Waals surface area (Å²) in [7, 11) is -3.47. The summed E-state index contributed by atoms with van der Waals surface area (Å²) in [5.74, 6) is 0. The van der Waals surface area contributed by atoms with Gasteiger partial charge >= 0.3 is 0 Å². The Kier molecular flexibility index (Phi) is 6.28. The van der Waals surface area contributed by atoms with E-state index in [0.29, 0.717) is 31.1 Å². The zero-order valence-electron chi connectivity index (χ0n) is 18.5. The molecule has 0 spiro atoms. The van der Waals surface area contributed by atoms with Crippen LogP contribution in [0.2, 0.25) is 0 Å². The van der Waals surface area contributed by atoms with E-state index in [9.17, 15) is 8.42 Å². The van der Waals surface area contributed by atoms with Crippen LogP contribution < -0.4 is 0 Å². The molecule has 4 nitrogen and oxygen atoms in total. The lowest BCUT2D eigenvalue weighted by molar-refractivity contribution is 0.155. The maximum absolute atomic E-state index is 13.1. The highest BCUT2D eigenvalue weighted by Gasteiger charge is 2.32. The quantitative estimate of drug-likeness (QED) is 0.584. The lowest BCUT2D eigenvalue weighted by Gasteiger charge is -2.39. The van der Waals surface area contributed by atoms with E-state index in [0.717, 1.165) is 5.56 Å². The fourth-order valence-corrected chi connectivity index (χ4v) is 5.76. The third kappa shape index (κ3) is 4.59. The van der Waals surface area contributed by atoms with E-state index >= 15 is 0 Å². The first-order valence-corrected chi connectivity index (χ1v) is 12.2. The Hall–Kier alpha value is -2.47. The topological polar surface area (TPSA) is 40.6 Å². The van der Waals surface area contributed by atoms with Crippen molar-refractivity contribution >= 4 is 10.0 Å². The predicted octanol–water partition coefficient (Wildman–Crippen LogP) is 4.71. The second-order valence-corrected chi connectivity index (χ2v) is 10.4. The predicted molar refractivity (Wildman–Crippen MR) is 126 cm³/mol. The molecule has 1 aliphatic heterocycles. The zero-order chi connectivity index (χ0) is 22.0. The van der Waals surface area contributed by atoms with E-state index in [1.807, 2.05) is 25.1 Å². The summed E-state index contributed by atoms with van der Waals surface area (Å²) in [5, 5.41) is 0. The first-order valence-electron chi connectivity index (χ1n) is 10.8. The van der Waals surface area contributed by atoms with Crippen LogP contribution in [0.25, 0.3) is 0 Å². The molecule has 1 saturated heterocycles. The molecular formula is C26H30N2O2S. The summed E-state index contributed by atoms with van der Waals surface area (Å²) in [6.07, 6.45) is 0. The second kappa shape index (κ2) is 8.95. The van der Waals surface area contributed by atoms with Gasteiger partial charge in [-0.15, -0.1) is 0 Å². The van der Waals surface area contributed by atoms with Gasteiger partial charge in [-0.1, -0.05) is 71.8 Å². The summed E-state index contributed by atoms with van der Waals surface area (Å²) in [6, 6.07) is 24.4. The minimum absolute atomic E-state index is 0.116. The average molecular weight is 435 g/mol. The van der Waals surface area contributed by atoms with Crippen LogP contribution in [0.4, 0.5) is 0 Å². The van der Waals surface area contributed by atoms with Crippen molar-refractivity contribution in [2.45, 2.75) is 31.7 Å². The highest BCUT2D eigenvalue weighted by molar-refractivity contribution is 7.89. The molecule has 0 radical (unpaired) electrons. The van der Waals surface area contributed by atoms with Gasteiger partial charge in [-0.05, 0) is 49.6 Å². The highest BCUT2D eigenvalue weighted by Crippen LogP contribution is 2.33. The van der Waals surface area contributed by atoms with Crippen molar-refractivity contribution in [3.8, 4) is 0 Å².